The summed E-state index contributed by atoms with van der Waals surface area (Å²) in [5, 5.41) is 13.9. The van der Waals surface area contributed by atoms with E-state index in [0.717, 1.165) is 0 Å². The number of urea groups is 1. The SMILES string of the molecule is CCC[C@@H](NC(=O)Nc1cccc(OC)c1)C(=O)O. The number of amides is 2. The van der Waals surface area contributed by atoms with Gasteiger partial charge in [0, 0.05) is 11.8 Å². The van der Waals surface area contributed by atoms with Crippen molar-refractivity contribution in [2.45, 2.75) is 25.8 Å². The first-order valence-corrected chi connectivity index (χ1v) is 6.01. The van der Waals surface area contributed by atoms with Gasteiger partial charge in [0.1, 0.15) is 11.8 Å². The number of carbonyl (C=O) groups excluding carboxylic acids is 1. The van der Waals surface area contributed by atoms with Gasteiger partial charge in [-0.3, -0.25) is 0 Å². The van der Waals surface area contributed by atoms with Crippen LogP contribution >= 0.6 is 0 Å². The van der Waals surface area contributed by atoms with Crippen LogP contribution in [0.5, 0.6) is 5.75 Å². The lowest BCUT2D eigenvalue weighted by Gasteiger charge is -2.14. The van der Waals surface area contributed by atoms with Crippen molar-refractivity contribution < 1.29 is 19.4 Å². The molecule has 0 aromatic heterocycles. The van der Waals surface area contributed by atoms with E-state index in [1.807, 2.05) is 6.92 Å². The summed E-state index contributed by atoms with van der Waals surface area (Å²) in [5.41, 5.74) is 0.539. The minimum Gasteiger partial charge on any atom is -0.497 e. The Morgan fingerprint density at radius 1 is 1.42 bits per heavy atom. The molecular weight excluding hydrogens is 248 g/mol. The van der Waals surface area contributed by atoms with Gasteiger partial charge in [0.25, 0.3) is 0 Å². The van der Waals surface area contributed by atoms with E-state index in [0.29, 0.717) is 24.3 Å². The molecule has 19 heavy (non-hydrogen) atoms. The number of ether oxygens (including phenoxy) is 1. The van der Waals surface area contributed by atoms with Crippen LogP contribution in [0.1, 0.15) is 19.8 Å². The van der Waals surface area contributed by atoms with Crippen LogP contribution in [0.15, 0.2) is 24.3 Å². The Kier molecular flexibility index (Phi) is 5.66. The van der Waals surface area contributed by atoms with E-state index in [1.165, 1.54) is 7.11 Å². The van der Waals surface area contributed by atoms with Gasteiger partial charge in [0.15, 0.2) is 0 Å². The predicted molar refractivity (Wildman–Crippen MR) is 71.5 cm³/mol. The van der Waals surface area contributed by atoms with Crippen molar-refractivity contribution in [2.24, 2.45) is 0 Å². The fourth-order valence-electron chi connectivity index (χ4n) is 1.57. The second-order valence-electron chi connectivity index (χ2n) is 4.01. The molecule has 104 valence electrons. The number of carboxylic acids is 1. The van der Waals surface area contributed by atoms with Crippen molar-refractivity contribution in [3.8, 4) is 5.75 Å². The largest absolute Gasteiger partial charge is 0.497 e. The summed E-state index contributed by atoms with van der Waals surface area (Å²) in [6, 6.07) is 5.40. The molecule has 2 amide bonds. The molecule has 0 saturated carbocycles. The number of methoxy groups -OCH3 is 1. The number of hydrogen-bond donors (Lipinski definition) is 3. The zero-order valence-corrected chi connectivity index (χ0v) is 11.0. The molecule has 0 spiro atoms. The van der Waals surface area contributed by atoms with Gasteiger partial charge in [-0.1, -0.05) is 19.4 Å². The average Bonchev–Trinajstić information content (AvgIpc) is 2.38. The van der Waals surface area contributed by atoms with E-state index < -0.39 is 18.0 Å². The first-order chi connectivity index (χ1) is 9.06. The average molecular weight is 266 g/mol. The lowest BCUT2D eigenvalue weighted by molar-refractivity contribution is -0.139. The van der Waals surface area contributed by atoms with Crippen LogP contribution < -0.4 is 15.4 Å². The monoisotopic (exact) mass is 266 g/mol. The lowest BCUT2D eigenvalue weighted by Crippen LogP contribution is -2.42. The molecule has 3 N–H and O–H groups in total. The van der Waals surface area contributed by atoms with Gasteiger partial charge >= 0.3 is 12.0 Å². The number of benzene rings is 1. The van der Waals surface area contributed by atoms with Gasteiger partial charge in [-0.25, -0.2) is 9.59 Å². The Morgan fingerprint density at radius 3 is 2.74 bits per heavy atom. The van der Waals surface area contributed by atoms with Crippen LogP contribution in [0.3, 0.4) is 0 Å². The molecule has 0 unspecified atom stereocenters. The van der Waals surface area contributed by atoms with Crippen LogP contribution in [0.25, 0.3) is 0 Å². The van der Waals surface area contributed by atoms with Crippen LogP contribution in [0.4, 0.5) is 10.5 Å². The molecular formula is C13H18N2O4. The summed E-state index contributed by atoms with van der Waals surface area (Å²) in [7, 11) is 1.53. The second kappa shape index (κ2) is 7.25. The first kappa shape index (κ1) is 14.8. The molecule has 0 bridgehead atoms. The Bertz CT molecular complexity index is 448. The van der Waals surface area contributed by atoms with E-state index in [2.05, 4.69) is 10.6 Å². The highest BCUT2D eigenvalue weighted by atomic mass is 16.5. The number of anilines is 1. The smallest absolute Gasteiger partial charge is 0.326 e. The number of aliphatic carboxylic acids is 1. The van der Waals surface area contributed by atoms with Gasteiger partial charge in [-0.15, -0.1) is 0 Å². The van der Waals surface area contributed by atoms with E-state index in [4.69, 9.17) is 9.84 Å². The molecule has 0 aliphatic rings. The Morgan fingerprint density at radius 2 is 2.16 bits per heavy atom. The van der Waals surface area contributed by atoms with Crippen molar-refractivity contribution in [2.75, 3.05) is 12.4 Å². The highest BCUT2D eigenvalue weighted by Crippen LogP contribution is 2.16. The predicted octanol–water partition coefficient (Wildman–Crippen LogP) is 2.07. The maximum Gasteiger partial charge on any atom is 0.326 e. The van der Waals surface area contributed by atoms with Gasteiger partial charge < -0.3 is 20.5 Å². The standard InChI is InChI=1S/C13H18N2O4/c1-3-5-11(12(16)17)15-13(18)14-9-6-4-7-10(8-9)19-2/h4,6-8,11H,3,5H2,1-2H3,(H,16,17)(H2,14,15,18)/t11-/m1/s1. The zero-order chi connectivity index (χ0) is 14.3. The van der Waals surface area contributed by atoms with Crippen LogP contribution in [-0.4, -0.2) is 30.3 Å². The number of rotatable bonds is 6. The van der Waals surface area contributed by atoms with Crippen molar-refractivity contribution in [1.29, 1.82) is 0 Å². The van der Waals surface area contributed by atoms with Gasteiger partial charge in [0.2, 0.25) is 0 Å². The summed E-state index contributed by atoms with van der Waals surface area (Å²) in [4.78, 5) is 22.6. The van der Waals surface area contributed by atoms with Gasteiger partial charge in [-0.2, -0.15) is 0 Å². The molecule has 1 rings (SSSR count). The van der Waals surface area contributed by atoms with Crippen molar-refractivity contribution in [3.63, 3.8) is 0 Å². The third-order valence-corrected chi connectivity index (χ3v) is 2.51. The number of carboxylic acid groups (broad SMARTS) is 1. The fourth-order valence-corrected chi connectivity index (χ4v) is 1.57. The summed E-state index contributed by atoms with van der Waals surface area (Å²) in [6.07, 6.45) is 1.07. The van der Waals surface area contributed by atoms with Crippen LogP contribution in [0.2, 0.25) is 0 Å². The topological polar surface area (TPSA) is 87.7 Å². The van der Waals surface area contributed by atoms with Crippen molar-refractivity contribution in [1.82, 2.24) is 5.32 Å². The van der Waals surface area contributed by atoms with E-state index >= 15 is 0 Å². The normalized spacial score (nSPS) is 11.5. The molecule has 0 fully saturated rings. The Labute approximate surface area is 111 Å². The summed E-state index contributed by atoms with van der Waals surface area (Å²) < 4.78 is 5.03. The van der Waals surface area contributed by atoms with Gasteiger partial charge in [0.05, 0.1) is 7.11 Å². The van der Waals surface area contributed by atoms with Crippen LogP contribution in [-0.2, 0) is 4.79 Å². The van der Waals surface area contributed by atoms with Crippen LogP contribution in [0, 0.1) is 0 Å². The molecule has 0 saturated heterocycles. The Hall–Kier alpha value is -2.24. The maximum absolute atomic E-state index is 11.7. The van der Waals surface area contributed by atoms with E-state index in [9.17, 15) is 9.59 Å². The number of nitrogens with one attached hydrogen (secondary N) is 2. The summed E-state index contributed by atoms with van der Waals surface area (Å²) >= 11 is 0. The minimum absolute atomic E-state index is 0.390. The fraction of sp³-hybridized carbons (Fsp3) is 0.385. The molecule has 1 aromatic carbocycles. The number of hydrogen-bond acceptors (Lipinski definition) is 3. The molecule has 0 aliphatic carbocycles. The number of carbonyl (C=O) groups is 2. The molecule has 0 heterocycles. The van der Waals surface area contributed by atoms with Gasteiger partial charge in [-0.05, 0) is 18.6 Å². The molecule has 1 atom stereocenters. The molecule has 0 radical (unpaired) electrons. The van der Waals surface area contributed by atoms with Crippen molar-refractivity contribution >= 4 is 17.7 Å². The quantitative estimate of drug-likeness (QED) is 0.735. The maximum atomic E-state index is 11.7. The summed E-state index contributed by atoms with van der Waals surface area (Å²) in [5.74, 6) is -0.427. The molecule has 1 aromatic rings. The Balaban J connectivity index is 2.60. The zero-order valence-electron chi connectivity index (χ0n) is 11.0. The second-order valence-corrected chi connectivity index (χ2v) is 4.01. The highest BCUT2D eigenvalue weighted by Gasteiger charge is 2.18. The lowest BCUT2D eigenvalue weighted by atomic mass is 10.2. The summed E-state index contributed by atoms with van der Waals surface area (Å²) in [6.45, 7) is 1.86. The molecule has 0 aliphatic heterocycles. The molecule has 6 heteroatoms. The highest BCUT2D eigenvalue weighted by molar-refractivity contribution is 5.92. The minimum atomic E-state index is -1.04. The first-order valence-electron chi connectivity index (χ1n) is 6.01. The van der Waals surface area contributed by atoms with E-state index in [1.54, 1.807) is 24.3 Å². The van der Waals surface area contributed by atoms with E-state index in [-0.39, 0.29) is 0 Å². The molecule has 6 nitrogen and oxygen atoms in total. The third-order valence-electron chi connectivity index (χ3n) is 2.51. The third kappa shape index (κ3) is 4.87. The van der Waals surface area contributed by atoms with Crippen molar-refractivity contribution in [3.05, 3.63) is 24.3 Å².